The van der Waals surface area contributed by atoms with E-state index in [1.54, 1.807) is 13.8 Å². The maximum absolute atomic E-state index is 13.5. The molecular formula is C13H18FNO5S. The minimum atomic E-state index is -3.87. The number of aromatic carboxylic acids is 1. The minimum absolute atomic E-state index is 0.0435. The van der Waals surface area contributed by atoms with E-state index in [0.717, 1.165) is 6.07 Å². The van der Waals surface area contributed by atoms with Gasteiger partial charge in [-0.05, 0) is 18.1 Å². The van der Waals surface area contributed by atoms with Gasteiger partial charge in [0.25, 0.3) is 0 Å². The van der Waals surface area contributed by atoms with Crippen LogP contribution in [0.2, 0.25) is 0 Å². The van der Waals surface area contributed by atoms with Crippen LogP contribution in [0.1, 0.15) is 24.2 Å². The first-order chi connectivity index (χ1) is 9.68. The Morgan fingerprint density at radius 2 is 2.05 bits per heavy atom. The van der Waals surface area contributed by atoms with E-state index >= 15 is 0 Å². The number of methoxy groups -OCH3 is 1. The highest BCUT2D eigenvalue weighted by molar-refractivity contribution is 7.92. The lowest BCUT2D eigenvalue weighted by atomic mass is 10.1. The van der Waals surface area contributed by atoms with Gasteiger partial charge in [-0.15, -0.1) is 0 Å². The Bertz CT molecular complexity index is 615. The first kappa shape index (κ1) is 17.4. The van der Waals surface area contributed by atoms with Gasteiger partial charge in [0.15, 0.2) is 0 Å². The van der Waals surface area contributed by atoms with Crippen molar-refractivity contribution in [1.82, 2.24) is 0 Å². The second kappa shape index (κ2) is 6.86. The molecule has 0 amide bonds. The van der Waals surface area contributed by atoms with Crippen molar-refractivity contribution < 1.29 is 27.4 Å². The van der Waals surface area contributed by atoms with Crippen molar-refractivity contribution in [3.63, 3.8) is 0 Å². The van der Waals surface area contributed by atoms with E-state index in [1.807, 2.05) is 0 Å². The van der Waals surface area contributed by atoms with Crippen LogP contribution in [-0.2, 0) is 14.8 Å². The van der Waals surface area contributed by atoms with E-state index in [2.05, 4.69) is 4.72 Å². The molecule has 0 spiro atoms. The van der Waals surface area contributed by atoms with Gasteiger partial charge in [-0.3, -0.25) is 4.72 Å². The van der Waals surface area contributed by atoms with Gasteiger partial charge < -0.3 is 9.84 Å². The lowest BCUT2D eigenvalue weighted by molar-refractivity contribution is 0.0693. The third kappa shape index (κ3) is 4.68. The molecule has 0 heterocycles. The number of carboxylic acids is 1. The van der Waals surface area contributed by atoms with Crippen LogP contribution >= 0.6 is 0 Å². The average molecular weight is 319 g/mol. The highest BCUT2D eigenvalue weighted by atomic mass is 32.2. The zero-order chi connectivity index (χ0) is 16.2. The van der Waals surface area contributed by atoms with E-state index < -0.39 is 33.5 Å². The number of anilines is 1. The number of ether oxygens (including phenoxy) is 1. The first-order valence-corrected chi connectivity index (χ1v) is 7.88. The van der Waals surface area contributed by atoms with Crippen LogP contribution in [-0.4, -0.2) is 38.5 Å². The minimum Gasteiger partial charge on any atom is -0.478 e. The lowest BCUT2D eigenvalue weighted by Gasteiger charge is -2.20. The molecule has 6 nitrogen and oxygen atoms in total. The molecule has 0 aromatic heterocycles. The fourth-order valence-electron chi connectivity index (χ4n) is 1.78. The molecule has 0 aliphatic carbocycles. The number of hydrogen-bond donors (Lipinski definition) is 2. The van der Waals surface area contributed by atoms with Gasteiger partial charge in [-0.2, -0.15) is 0 Å². The first-order valence-electron chi connectivity index (χ1n) is 6.23. The lowest BCUT2D eigenvalue weighted by Crippen LogP contribution is -2.31. The van der Waals surface area contributed by atoms with E-state index in [0.29, 0.717) is 0 Å². The monoisotopic (exact) mass is 319 g/mol. The van der Waals surface area contributed by atoms with Crippen molar-refractivity contribution in [2.45, 2.75) is 20.0 Å². The number of halogens is 1. The molecule has 0 saturated carbocycles. The highest BCUT2D eigenvalue weighted by Gasteiger charge is 2.24. The summed E-state index contributed by atoms with van der Waals surface area (Å²) in [5.74, 6) is -2.94. The van der Waals surface area contributed by atoms with Gasteiger partial charge in [0.05, 0.1) is 17.5 Å². The molecule has 1 aromatic rings. The van der Waals surface area contributed by atoms with Crippen LogP contribution in [0.3, 0.4) is 0 Å². The molecule has 0 saturated heterocycles. The number of hydrogen-bond acceptors (Lipinski definition) is 4. The van der Waals surface area contributed by atoms with Gasteiger partial charge in [-0.25, -0.2) is 17.6 Å². The summed E-state index contributed by atoms with van der Waals surface area (Å²) in [6.07, 6.45) is -0.552. The topological polar surface area (TPSA) is 92.7 Å². The maximum Gasteiger partial charge on any atom is 0.340 e. The zero-order valence-electron chi connectivity index (χ0n) is 12.0. The molecular weight excluding hydrogens is 301 g/mol. The normalized spacial score (nSPS) is 13.2. The van der Waals surface area contributed by atoms with Crippen LogP contribution in [0.15, 0.2) is 18.2 Å². The van der Waals surface area contributed by atoms with Crippen LogP contribution in [0.4, 0.5) is 10.1 Å². The molecule has 8 heteroatoms. The number of nitrogens with one attached hydrogen (secondary N) is 1. The van der Waals surface area contributed by atoms with Crippen LogP contribution in [0.25, 0.3) is 0 Å². The largest absolute Gasteiger partial charge is 0.478 e. The summed E-state index contributed by atoms with van der Waals surface area (Å²) in [5, 5.41) is 8.96. The highest BCUT2D eigenvalue weighted by Crippen LogP contribution is 2.21. The number of carbonyl (C=O) groups is 1. The SMILES string of the molecule is COC(CS(=O)(=O)Nc1cccc(F)c1C(=O)O)C(C)C. The molecule has 0 fully saturated rings. The van der Waals surface area contributed by atoms with Gasteiger partial charge >= 0.3 is 5.97 Å². The molecule has 1 rings (SSSR count). The van der Waals surface area contributed by atoms with Crippen molar-refractivity contribution in [3.8, 4) is 0 Å². The Morgan fingerprint density at radius 3 is 2.52 bits per heavy atom. The van der Waals surface area contributed by atoms with Gasteiger partial charge in [0.1, 0.15) is 11.4 Å². The Kier molecular flexibility index (Phi) is 5.68. The van der Waals surface area contributed by atoms with Gasteiger partial charge in [0, 0.05) is 7.11 Å². The second-order valence-corrected chi connectivity index (χ2v) is 6.64. The Morgan fingerprint density at radius 1 is 1.43 bits per heavy atom. The molecule has 0 bridgehead atoms. The van der Waals surface area contributed by atoms with Gasteiger partial charge in [0.2, 0.25) is 10.0 Å². The molecule has 1 aromatic carbocycles. The summed E-state index contributed by atoms with van der Waals surface area (Å²) in [7, 11) is -2.47. The van der Waals surface area contributed by atoms with Crippen molar-refractivity contribution in [2.75, 3.05) is 17.6 Å². The molecule has 21 heavy (non-hydrogen) atoms. The molecule has 118 valence electrons. The Labute approximate surface area is 123 Å². The molecule has 1 atom stereocenters. The Balaban J connectivity index is 3.05. The van der Waals surface area contributed by atoms with E-state index in [1.165, 1.54) is 19.2 Å². The third-order valence-corrected chi connectivity index (χ3v) is 4.22. The van der Waals surface area contributed by atoms with Crippen molar-refractivity contribution in [2.24, 2.45) is 5.92 Å². The van der Waals surface area contributed by atoms with Crippen molar-refractivity contribution >= 4 is 21.7 Å². The summed E-state index contributed by atoms with van der Waals surface area (Å²) in [6.45, 7) is 3.60. The molecule has 0 aliphatic rings. The maximum atomic E-state index is 13.5. The van der Waals surface area contributed by atoms with E-state index in [4.69, 9.17) is 9.84 Å². The molecule has 0 aliphatic heterocycles. The smallest absolute Gasteiger partial charge is 0.340 e. The van der Waals surface area contributed by atoms with Crippen LogP contribution < -0.4 is 4.72 Å². The Hall–Kier alpha value is -1.67. The van der Waals surface area contributed by atoms with Crippen LogP contribution in [0, 0.1) is 11.7 Å². The summed E-state index contributed by atoms with van der Waals surface area (Å²) in [5.41, 5.74) is -1.01. The number of carboxylic acid groups (broad SMARTS) is 1. The standard InChI is InChI=1S/C13H18FNO5S/c1-8(2)11(20-3)7-21(18,19)15-10-6-4-5-9(14)12(10)13(16)17/h4-6,8,11,15H,7H2,1-3H3,(H,16,17). The summed E-state index contributed by atoms with van der Waals surface area (Å²) in [4.78, 5) is 11.0. The van der Waals surface area contributed by atoms with Crippen LogP contribution in [0.5, 0.6) is 0 Å². The second-order valence-electron chi connectivity index (χ2n) is 4.87. The van der Waals surface area contributed by atoms with E-state index in [-0.39, 0.29) is 17.4 Å². The summed E-state index contributed by atoms with van der Waals surface area (Å²) in [6, 6.07) is 3.38. The number of benzene rings is 1. The van der Waals surface area contributed by atoms with Crippen molar-refractivity contribution in [3.05, 3.63) is 29.6 Å². The van der Waals surface area contributed by atoms with Crippen molar-refractivity contribution in [1.29, 1.82) is 0 Å². The van der Waals surface area contributed by atoms with Gasteiger partial charge in [-0.1, -0.05) is 19.9 Å². The van der Waals surface area contributed by atoms with E-state index in [9.17, 15) is 17.6 Å². The fourth-order valence-corrected chi connectivity index (χ4v) is 3.33. The summed E-state index contributed by atoms with van der Waals surface area (Å²) < 4.78 is 44.8. The predicted molar refractivity (Wildman–Crippen MR) is 76.4 cm³/mol. The number of sulfonamides is 1. The quantitative estimate of drug-likeness (QED) is 0.801. The zero-order valence-corrected chi connectivity index (χ0v) is 12.8. The fraction of sp³-hybridized carbons (Fsp3) is 0.462. The predicted octanol–water partition coefficient (Wildman–Crippen LogP) is 1.94. The third-order valence-electron chi connectivity index (χ3n) is 2.92. The summed E-state index contributed by atoms with van der Waals surface area (Å²) >= 11 is 0. The molecule has 2 N–H and O–H groups in total. The average Bonchev–Trinajstić information content (AvgIpc) is 2.34. The number of rotatable bonds is 7. The molecule has 1 unspecified atom stereocenters. The molecule has 0 radical (unpaired) electrons.